The molecule has 70 valence electrons. The largest absolute Gasteiger partial charge is 0.476 e. The molecular formula is C8H10N2O3. The SMILES string of the molecule is CC(C)(O)c1cncc(C(=O)O)n1. The van der Waals surface area contributed by atoms with Gasteiger partial charge in [-0.1, -0.05) is 0 Å². The summed E-state index contributed by atoms with van der Waals surface area (Å²) in [5, 5.41) is 18.1. The molecule has 1 aromatic rings. The zero-order valence-electron chi connectivity index (χ0n) is 7.35. The Labute approximate surface area is 75.1 Å². The van der Waals surface area contributed by atoms with Crippen LogP contribution >= 0.6 is 0 Å². The molecule has 0 aromatic carbocycles. The molecule has 0 aliphatic carbocycles. The summed E-state index contributed by atoms with van der Waals surface area (Å²) >= 11 is 0. The molecule has 0 saturated heterocycles. The van der Waals surface area contributed by atoms with Gasteiger partial charge in [-0.25, -0.2) is 9.78 Å². The van der Waals surface area contributed by atoms with Crippen molar-refractivity contribution in [3.05, 3.63) is 23.8 Å². The monoisotopic (exact) mass is 182 g/mol. The van der Waals surface area contributed by atoms with Gasteiger partial charge in [0.15, 0.2) is 5.69 Å². The van der Waals surface area contributed by atoms with Crippen LogP contribution in [0.25, 0.3) is 0 Å². The Morgan fingerprint density at radius 1 is 1.46 bits per heavy atom. The fourth-order valence-corrected chi connectivity index (χ4v) is 0.764. The summed E-state index contributed by atoms with van der Waals surface area (Å²) in [6.45, 7) is 3.03. The van der Waals surface area contributed by atoms with Crippen molar-refractivity contribution in [3.8, 4) is 0 Å². The molecule has 0 bridgehead atoms. The van der Waals surface area contributed by atoms with E-state index in [1.165, 1.54) is 20.0 Å². The van der Waals surface area contributed by atoms with Gasteiger partial charge in [-0.2, -0.15) is 0 Å². The van der Waals surface area contributed by atoms with Crippen LogP contribution in [0.3, 0.4) is 0 Å². The normalized spacial score (nSPS) is 11.3. The first-order valence-electron chi connectivity index (χ1n) is 3.69. The Balaban J connectivity index is 3.13. The summed E-state index contributed by atoms with van der Waals surface area (Å²) in [4.78, 5) is 17.9. The molecule has 0 unspecified atom stereocenters. The first-order valence-corrected chi connectivity index (χ1v) is 3.69. The van der Waals surface area contributed by atoms with Crippen LogP contribution in [-0.2, 0) is 5.60 Å². The quantitative estimate of drug-likeness (QED) is 0.691. The lowest BCUT2D eigenvalue weighted by Crippen LogP contribution is -2.19. The van der Waals surface area contributed by atoms with Crippen molar-refractivity contribution in [1.29, 1.82) is 0 Å². The number of aliphatic hydroxyl groups is 1. The molecule has 1 aromatic heterocycles. The van der Waals surface area contributed by atoms with Gasteiger partial charge in [-0.15, -0.1) is 0 Å². The van der Waals surface area contributed by atoms with E-state index >= 15 is 0 Å². The first kappa shape index (κ1) is 9.60. The lowest BCUT2D eigenvalue weighted by Gasteiger charge is -2.15. The number of aromatic nitrogens is 2. The molecule has 2 N–H and O–H groups in total. The van der Waals surface area contributed by atoms with Gasteiger partial charge < -0.3 is 10.2 Å². The van der Waals surface area contributed by atoms with Crippen LogP contribution in [-0.4, -0.2) is 26.2 Å². The number of rotatable bonds is 2. The van der Waals surface area contributed by atoms with E-state index in [0.717, 1.165) is 6.20 Å². The van der Waals surface area contributed by atoms with Crippen LogP contribution in [0.1, 0.15) is 30.0 Å². The summed E-state index contributed by atoms with van der Waals surface area (Å²) in [6, 6.07) is 0. The van der Waals surface area contributed by atoms with Crippen molar-refractivity contribution < 1.29 is 15.0 Å². The van der Waals surface area contributed by atoms with Crippen LogP contribution in [0.2, 0.25) is 0 Å². The number of carboxylic acid groups (broad SMARTS) is 1. The maximum atomic E-state index is 10.5. The first-order chi connectivity index (χ1) is 5.91. The zero-order chi connectivity index (χ0) is 10.1. The summed E-state index contributed by atoms with van der Waals surface area (Å²) < 4.78 is 0. The van der Waals surface area contributed by atoms with Gasteiger partial charge in [0.25, 0.3) is 0 Å². The van der Waals surface area contributed by atoms with Gasteiger partial charge in [0.05, 0.1) is 18.1 Å². The molecular weight excluding hydrogens is 172 g/mol. The Kier molecular flexibility index (Phi) is 2.29. The second kappa shape index (κ2) is 3.10. The van der Waals surface area contributed by atoms with E-state index in [2.05, 4.69) is 9.97 Å². The van der Waals surface area contributed by atoms with Crippen molar-refractivity contribution in [2.24, 2.45) is 0 Å². The lowest BCUT2D eigenvalue weighted by molar-refractivity contribution is 0.0668. The third-order valence-electron chi connectivity index (χ3n) is 1.48. The number of nitrogens with zero attached hydrogens (tertiary/aromatic N) is 2. The smallest absolute Gasteiger partial charge is 0.356 e. The highest BCUT2D eigenvalue weighted by molar-refractivity contribution is 5.84. The summed E-state index contributed by atoms with van der Waals surface area (Å²) in [6.07, 6.45) is 2.48. The van der Waals surface area contributed by atoms with Crippen LogP contribution < -0.4 is 0 Å². The van der Waals surface area contributed by atoms with Gasteiger partial charge in [0, 0.05) is 0 Å². The maximum absolute atomic E-state index is 10.5. The minimum absolute atomic E-state index is 0.167. The predicted molar refractivity (Wildman–Crippen MR) is 44.2 cm³/mol. The number of carboxylic acids is 1. The van der Waals surface area contributed by atoms with Crippen LogP contribution in [0, 0.1) is 0 Å². The number of aromatic carboxylic acids is 1. The minimum atomic E-state index is -1.17. The fourth-order valence-electron chi connectivity index (χ4n) is 0.764. The van der Waals surface area contributed by atoms with E-state index in [9.17, 15) is 9.90 Å². The van der Waals surface area contributed by atoms with Crippen LogP contribution in [0.4, 0.5) is 0 Å². The number of carbonyl (C=O) groups is 1. The van der Waals surface area contributed by atoms with E-state index < -0.39 is 11.6 Å². The molecule has 1 rings (SSSR count). The van der Waals surface area contributed by atoms with E-state index in [1.54, 1.807) is 0 Å². The highest BCUT2D eigenvalue weighted by atomic mass is 16.4. The number of hydrogen-bond acceptors (Lipinski definition) is 4. The summed E-state index contributed by atoms with van der Waals surface area (Å²) in [5.41, 5.74) is -1.09. The molecule has 0 aliphatic rings. The van der Waals surface area contributed by atoms with Gasteiger partial charge in [0.2, 0.25) is 0 Å². The topological polar surface area (TPSA) is 83.3 Å². The van der Waals surface area contributed by atoms with E-state index in [4.69, 9.17) is 5.11 Å². The van der Waals surface area contributed by atoms with E-state index in [1.807, 2.05) is 0 Å². The molecule has 0 spiro atoms. The molecule has 0 fully saturated rings. The third kappa shape index (κ3) is 2.22. The van der Waals surface area contributed by atoms with Crippen molar-refractivity contribution >= 4 is 5.97 Å². The Bertz CT molecular complexity index is 330. The standard InChI is InChI=1S/C8H10N2O3/c1-8(2,13)6-4-9-3-5(10-6)7(11)12/h3-4,13H,1-2H3,(H,11,12). The Hall–Kier alpha value is -1.49. The molecule has 5 nitrogen and oxygen atoms in total. The van der Waals surface area contributed by atoms with Crippen molar-refractivity contribution in [3.63, 3.8) is 0 Å². The molecule has 0 radical (unpaired) electrons. The van der Waals surface area contributed by atoms with E-state index in [-0.39, 0.29) is 11.4 Å². The third-order valence-corrected chi connectivity index (χ3v) is 1.48. The molecule has 0 atom stereocenters. The van der Waals surface area contributed by atoms with Crippen LogP contribution in [0.5, 0.6) is 0 Å². The predicted octanol–water partition coefficient (Wildman–Crippen LogP) is 0.402. The van der Waals surface area contributed by atoms with Gasteiger partial charge in [-0.05, 0) is 13.8 Å². The van der Waals surface area contributed by atoms with Gasteiger partial charge in [-0.3, -0.25) is 4.98 Å². The van der Waals surface area contributed by atoms with Gasteiger partial charge in [0.1, 0.15) is 5.60 Å². The zero-order valence-corrected chi connectivity index (χ0v) is 7.35. The van der Waals surface area contributed by atoms with Crippen molar-refractivity contribution in [1.82, 2.24) is 9.97 Å². The average Bonchev–Trinajstić information content (AvgIpc) is 2.03. The molecule has 13 heavy (non-hydrogen) atoms. The number of hydrogen-bond donors (Lipinski definition) is 2. The Morgan fingerprint density at radius 2 is 2.08 bits per heavy atom. The summed E-state index contributed by atoms with van der Waals surface area (Å²) in [5.74, 6) is -1.15. The molecule has 0 saturated carbocycles. The molecule has 5 heteroatoms. The van der Waals surface area contributed by atoms with Gasteiger partial charge >= 0.3 is 5.97 Å². The molecule has 0 aliphatic heterocycles. The maximum Gasteiger partial charge on any atom is 0.356 e. The Morgan fingerprint density at radius 3 is 2.54 bits per heavy atom. The van der Waals surface area contributed by atoms with Crippen molar-refractivity contribution in [2.75, 3.05) is 0 Å². The molecule has 1 heterocycles. The average molecular weight is 182 g/mol. The summed E-state index contributed by atoms with van der Waals surface area (Å²) in [7, 11) is 0. The molecule has 0 amide bonds. The second-order valence-electron chi connectivity index (χ2n) is 3.15. The highest BCUT2D eigenvalue weighted by Crippen LogP contribution is 2.15. The minimum Gasteiger partial charge on any atom is -0.476 e. The lowest BCUT2D eigenvalue weighted by atomic mass is 10.1. The fraction of sp³-hybridized carbons (Fsp3) is 0.375. The highest BCUT2D eigenvalue weighted by Gasteiger charge is 2.19. The second-order valence-corrected chi connectivity index (χ2v) is 3.15. The van der Waals surface area contributed by atoms with E-state index in [0.29, 0.717) is 0 Å². The van der Waals surface area contributed by atoms with Crippen LogP contribution in [0.15, 0.2) is 12.4 Å². The van der Waals surface area contributed by atoms with Crippen molar-refractivity contribution in [2.45, 2.75) is 19.4 Å².